The van der Waals surface area contributed by atoms with Crippen molar-refractivity contribution in [1.82, 2.24) is 13.9 Å². The third-order valence-electron chi connectivity index (χ3n) is 7.37. The Bertz CT molecular complexity index is 1420. The molecular formula is C28H36N4O4S. The lowest BCUT2D eigenvalue weighted by molar-refractivity contribution is 0.0218. The molecule has 0 spiro atoms. The fourth-order valence-electron chi connectivity index (χ4n) is 5.20. The molecule has 2 aliphatic rings. The van der Waals surface area contributed by atoms with Gasteiger partial charge in [0.05, 0.1) is 10.4 Å². The van der Waals surface area contributed by atoms with Gasteiger partial charge in [-0.2, -0.15) is 0 Å². The minimum absolute atomic E-state index is 0.00864. The van der Waals surface area contributed by atoms with E-state index in [2.05, 4.69) is 11.8 Å². The average molecular weight is 525 g/mol. The van der Waals surface area contributed by atoms with Crippen LogP contribution >= 0.6 is 0 Å². The van der Waals surface area contributed by atoms with Gasteiger partial charge in [-0.25, -0.2) is 22.2 Å². The van der Waals surface area contributed by atoms with Gasteiger partial charge in [0, 0.05) is 43.5 Å². The standard InChI is InChI=1S/C28H36N4O4S/c1-19-9-11-22(12-10-19)37(34,35)32-18-23(21-7-6-8-21)25-24(32)13-14-29-26(25)31-16-15-30(17-20(31)2)27(33)36-28(3,4)5/h9-14,18,20-21H,6-8,15-17H2,1-5H3. The number of nitrogens with zero attached hydrogens (tertiary/aromatic N) is 4. The van der Waals surface area contributed by atoms with Crippen LogP contribution in [-0.2, 0) is 14.8 Å². The van der Waals surface area contributed by atoms with Crippen molar-refractivity contribution < 1.29 is 17.9 Å². The number of carbonyl (C=O) groups is 1. The fraction of sp³-hybridized carbons (Fsp3) is 0.500. The number of aromatic nitrogens is 2. The van der Waals surface area contributed by atoms with Crippen LogP contribution in [0.5, 0.6) is 0 Å². The molecule has 5 rings (SSSR count). The minimum atomic E-state index is -3.78. The summed E-state index contributed by atoms with van der Waals surface area (Å²) >= 11 is 0. The maximum Gasteiger partial charge on any atom is 0.410 e. The monoisotopic (exact) mass is 524 g/mol. The molecule has 1 aliphatic carbocycles. The van der Waals surface area contributed by atoms with Gasteiger partial charge in [0.25, 0.3) is 10.0 Å². The number of anilines is 1. The Kier molecular flexibility index (Phi) is 6.46. The summed E-state index contributed by atoms with van der Waals surface area (Å²) in [6, 6.07) is 8.77. The summed E-state index contributed by atoms with van der Waals surface area (Å²) in [6.45, 7) is 11.2. The summed E-state index contributed by atoms with van der Waals surface area (Å²) in [5.41, 5.74) is 2.15. The molecule has 1 saturated carbocycles. The van der Waals surface area contributed by atoms with Gasteiger partial charge in [-0.05, 0) is 77.1 Å². The molecule has 1 amide bonds. The zero-order valence-corrected chi connectivity index (χ0v) is 23.1. The smallest absolute Gasteiger partial charge is 0.410 e. The number of ether oxygens (including phenoxy) is 1. The molecule has 1 unspecified atom stereocenters. The van der Waals surface area contributed by atoms with Crippen LogP contribution in [-0.4, -0.2) is 59.6 Å². The first-order valence-electron chi connectivity index (χ1n) is 13.0. The highest BCUT2D eigenvalue weighted by atomic mass is 32.2. The van der Waals surface area contributed by atoms with Crippen LogP contribution in [0.15, 0.2) is 47.6 Å². The third-order valence-corrected chi connectivity index (χ3v) is 9.05. The summed E-state index contributed by atoms with van der Waals surface area (Å²) in [5.74, 6) is 1.10. The average Bonchev–Trinajstić information content (AvgIpc) is 3.17. The van der Waals surface area contributed by atoms with Crippen LogP contribution < -0.4 is 4.90 Å². The second-order valence-electron chi connectivity index (χ2n) is 11.3. The van der Waals surface area contributed by atoms with E-state index >= 15 is 0 Å². The molecule has 1 atom stereocenters. The number of rotatable bonds is 4. The molecule has 2 fully saturated rings. The number of aryl methyl sites for hydroxylation is 1. The maximum atomic E-state index is 13.8. The summed E-state index contributed by atoms with van der Waals surface area (Å²) < 4.78 is 34.5. The van der Waals surface area contributed by atoms with Gasteiger partial charge in [0.15, 0.2) is 0 Å². The summed E-state index contributed by atoms with van der Waals surface area (Å²) in [6.07, 6.45) is 6.42. The number of amides is 1. The van der Waals surface area contributed by atoms with Crippen LogP contribution in [0.4, 0.5) is 10.6 Å². The molecule has 9 heteroatoms. The molecule has 0 bridgehead atoms. The quantitative estimate of drug-likeness (QED) is 0.461. The molecule has 8 nitrogen and oxygen atoms in total. The Hall–Kier alpha value is -3.07. The number of carbonyl (C=O) groups excluding carboxylic acids is 1. The van der Waals surface area contributed by atoms with Crippen molar-refractivity contribution in [2.45, 2.75) is 76.3 Å². The van der Waals surface area contributed by atoms with E-state index in [1.165, 1.54) is 3.97 Å². The first-order valence-corrected chi connectivity index (χ1v) is 14.5. The highest BCUT2D eigenvalue weighted by Crippen LogP contribution is 2.44. The first kappa shape index (κ1) is 25.6. The molecule has 3 heterocycles. The zero-order valence-electron chi connectivity index (χ0n) is 22.3. The van der Waals surface area contributed by atoms with E-state index in [0.29, 0.717) is 31.1 Å². The molecule has 0 N–H and O–H groups in total. The SMILES string of the molecule is Cc1ccc(S(=O)(=O)n2cc(C3CCC3)c3c(N4CCN(C(=O)OC(C)(C)C)CC4C)nccc32)cc1. The van der Waals surface area contributed by atoms with E-state index in [9.17, 15) is 13.2 Å². The normalized spacial score (nSPS) is 19.2. The number of pyridine rings is 1. The van der Waals surface area contributed by atoms with Crippen molar-refractivity contribution in [3.63, 3.8) is 0 Å². The molecule has 198 valence electrons. The predicted octanol–water partition coefficient (Wildman–Crippen LogP) is 5.29. The Morgan fingerprint density at radius 3 is 2.38 bits per heavy atom. The number of fused-ring (bicyclic) bond motifs is 1. The largest absolute Gasteiger partial charge is 0.444 e. The summed E-state index contributed by atoms with van der Waals surface area (Å²) in [5, 5.41) is 0.903. The zero-order chi connectivity index (χ0) is 26.5. The van der Waals surface area contributed by atoms with Crippen molar-refractivity contribution in [3.8, 4) is 0 Å². The Morgan fingerprint density at radius 2 is 1.78 bits per heavy atom. The van der Waals surface area contributed by atoms with Crippen molar-refractivity contribution in [3.05, 3.63) is 53.9 Å². The summed E-state index contributed by atoms with van der Waals surface area (Å²) in [7, 11) is -3.78. The van der Waals surface area contributed by atoms with Gasteiger partial charge in [-0.15, -0.1) is 0 Å². The number of hydrogen-bond acceptors (Lipinski definition) is 6. The Balaban J connectivity index is 1.54. The van der Waals surface area contributed by atoms with Crippen LogP contribution in [0.2, 0.25) is 0 Å². The molecule has 3 aromatic rings. The highest BCUT2D eigenvalue weighted by Gasteiger charge is 2.34. The van der Waals surface area contributed by atoms with Crippen molar-refractivity contribution in [2.24, 2.45) is 0 Å². The van der Waals surface area contributed by atoms with E-state index in [4.69, 9.17) is 9.72 Å². The van der Waals surface area contributed by atoms with E-state index in [1.807, 2.05) is 46.0 Å². The number of benzene rings is 1. The second-order valence-corrected chi connectivity index (χ2v) is 13.1. The Labute approximate surface area is 219 Å². The van der Waals surface area contributed by atoms with Gasteiger partial charge < -0.3 is 14.5 Å². The second kappa shape index (κ2) is 9.35. The van der Waals surface area contributed by atoms with E-state index < -0.39 is 15.6 Å². The van der Waals surface area contributed by atoms with Crippen molar-refractivity contribution in [2.75, 3.05) is 24.5 Å². The van der Waals surface area contributed by atoms with Gasteiger partial charge in [0.1, 0.15) is 11.4 Å². The fourth-order valence-corrected chi connectivity index (χ4v) is 6.57. The van der Waals surface area contributed by atoms with E-state index in [1.54, 1.807) is 29.3 Å². The lowest BCUT2D eigenvalue weighted by atomic mass is 9.80. The topological polar surface area (TPSA) is 84.7 Å². The van der Waals surface area contributed by atoms with Crippen molar-refractivity contribution in [1.29, 1.82) is 0 Å². The van der Waals surface area contributed by atoms with Crippen molar-refractivity contribution >= 4 is 32.8 Å². The van der Waals surface area contributed by atoms with Gasteiger partial charge >= 0.3 is 6.09 Å². The predicted molar refractivity (Wildman–Crippen MR) is 145 cm³/mol. The van der Waals surface area contributed by atoms with Crippen LogP contribution in [0.3, 0.4) is 0 Å². The molecule has 1 aliphatic heterocycles. The molecule has 0 radical (unpaired) electrons. The van der Waals surface area contributed by atoms with E-state index in [-0.39, 0.29) is 17.0 Å². The lowest BCUT2D eigenvalue weighted by Crippen LogP contribution is -2.54. The van der Waals surface area contributed by atoms with Crippen LogP contribution in [0, 0.1) is 6.92 Å². The van der Waals surface area contributed by atoms with Gasteiger partial charge in [-0.3, -0.25) is 0 Å². The lowest BCUT2D eigenvalue weighted by Gasteiger charge is -2.41. The van der Waals surface area contributed by atoms with Gasteiger partial charge in [0.2, 0.25) is 0 Å². The third kappa shape index (κ3) is 4.81. The molecular weight excluding hydrogens is 488 g/mol. The van der Waals surface area contributed by atoms with E-state index in [0.717, 1.165) is 41.6 Å². The molecule has 37 heavy (non-hydrogen) atoms. The van der Waals surface area contributed by atoms with Crippen LogP contribution in [0.1, 0.15) is 64.0 Å². The molecule has 2 aromatic heterocycles. The minimum Gasteiger partial charge on any atom is -0.444 e. The summed E-state index contributed by atoms with van der Waals surface area (Å²) in [4.78, 5) is 21.7. The maximum absolute atomic E-state index is 13.8. The number of hydrogen-bond donors (Lipinski definition) is 0. The van der Waals surface area contributed by atoms with Crippen LogP contribution in [0.25, 0.3) is 10.9 Å². The van der Waals surface area contributed by atoms with Gasteiger partial charge in [-0.1, -0.05) is 24.1 Å². The molecule has 1 aromatic carbocycles. The number of piperazine rings is 1. The Morgan fingerprint density at radius 1 is 1.08 bits per heavy atom. The highest BCUT2D eigenvalue weighted by molar-refractivity contribution is 7.90. The molecule has 1 saturated heterocycles. The first-order chi connectivity index (χ1) is 17.5.